The van der Waals surface area contributed by atoms with Gasteiger partial charge in [0.2, 0.25) is 5.91 Å². The molecule has 1 aliphatic rings. The smallest absolute Gasteiger partial charge is 0.247 e. The summed E-state index contributed by atoms with van der Waals surface area (Å²) < 4.78 is 19.8. The second kappa shape index (κ2) is 6.87. The van der Waals surface area contributed by atoms with Crippen LogP contribution in [0.2, 0.25) is 0 Å². The molecule has 1 atom stereocenters. The number of amides is 1. The van der Waals surface area contributed by atoms with E-state index < -0.39 is 17.6 Å². The Morgan fingerprint density at radius 3 is 2.61 bits per heavy atom. The predicted molar refractivity (Wildman–Crippen MR) is 86.3 cm³/mol. The number of hydrogen-bond acceptors (Lipinski definition) is 3. The molecule has 1 unspecified atom stereocenters. The molecule has 0 radical (unpaired) electrons. The molecular formula is C18H16FNO3. The van der Waals surface area contributed by atoms with Crippen molar-refractivity contribution in [1.29, 1.82) is 0 Å². The van der Waals surface area contributed by atoms with E-state index in [2.05, 4.69) is 25.1 Å². The van der Waals surface area contributed by atoms with Crippen LogP contribution in [0.5, 0.6) is 0 Å². The lowest BCUT2D eigenvalue weighted by atomic mass is 9.88. The Bertz CT molecular complexity index is 734. The van der Waals surface area contributed by atoms with Gasteiger partial charge in [-0.25, -0.2) is 4.39 Å². The quantitative estimate of drug-likeness (QED) is 0.849. The van der Waals surface area contributed by atoms with Crippen LogP contribution in [0.4, 0.5) is 10.1 Å². The largest absolute Gasteiger partial charge is 0.492 e. The highest BCUT2D eigenvalue weighted by atomic mass is 19.1. The third kappa shape index (κ3) is 3.29. The molecule has 2 rings (SSSR count). The lowest BCUT2D eigenvalue weighted by Crippen LogP contribution is -2.26. The van der Waals surface area contributed by atoms with E-state index in [4.69, 9.17) is 4.74 Å². The Hall–Kier alpha value is -2.95. The number of halogens is 1. The van der Waals surface area contributed by atoms with Crippen molar-refractivity contribution in [2.45, 2.75) is 5.92 Å². The van der Waals surface area contributed by atoms with E-state index in [1.165, 1.54) is 24.3 Å². The first-order valence-corrected chi connectivity index (χ1v) is 6.90. The van der Waals surface area contributed by atoms with Crippen molar-refractivity contribution in [3.63, 3.8) is 0 Å². The van der Waals surface area contributed by atoms with Gasteiger partial charge in [0.1, 0.15) is 18.2 Å². The molecule has 0 saturated heterocycles. The minimum atomic E-state index is -0.768. The highest BCUT2D eigenvalue weighted by Crippen LogP contribution is 2.31. The molecule has 1 aliphatic heterocycles. The van der Waals surface area contributed by atoms with Crippen molar-refractivity contribution in [3.05, 3.63) is 78.9 Å². The van der Waals surface area contributed by atoms with Crippen LogP contribution in [-0.2, 0) is 14.3 Å². The van der Waals surface area contributed by atoms with E-state index in [1.807, 2.05) is 0 Å². The van der Waals surface area contributed by atoms with Crippen molar-refractivity contribution < 1.29 is 18.7 Å². The van der Waals surface area contributed by atoms with E-state index in [-0.39, 0.29) is 29.2 Å². The summed E-state index contributed by atoms with van der Waals surface area (Å²) in [5.41, 5.74) is 0.764. The first-order valence-electron chi connectivity index (χ1n) is 6.90. The molecule has 1 heterocycles. The van der Waals surface area contributed by atoms with Crippen LogP contribution in [0.1, 0.15) is 11.5 Å². The Kier molecular flexibility index (Phi) is 4.91. The minimum Gasteiger partial charge on any atom is -0.492 e. The van der Waals surface area contributed by atoms with Gasteiger partial charge in [0.25, 0.3) is 0 Å². The van der Waals surface area contributed by atoms with Gasteiger partial charge in [-0.3, -0.25) is 9.59 Å². The molecule has 4 nitrogen and oxygen atoms in total. The number of rotatable bonds is 5. The van der Waals surface area contributed by atoms with E-state index >= 15 is 0 Å². The van der Waals surface area contributed by atoms with Gasteiger partial charge >= 0.3 is 0 Å². The van der Waals surface area contributed by atoms with Crippen LogP contribution < -0.4 is 5.32 Å². The minimum absolute atomic E-state index is 0.0206. The van der Waals surface area contributed by atoms with Crippen molar-refractivity contribution in [2.24, 2.45) is 0 Å². The number of anilines is 1. The van der Waals surface area contributed by atoms with Crippen LogP contribution >= 0.6 is 0 Å². The maximum absolute atomic E-state index is 14.3. The van der Waals surface area contributed by atoms with Crippen molar-refractivity contribution in [3.8, 4) is 0 Å². The zero-order chi connectivity index (χ0) is 17.0. The topological polar surface area (TPSA) is 55.4 Å². The summed E-state index contributed by atoms with van der Waals surface area (Å²) in [6, 6.07) is 4.14. The Balaban J connectivity index is 2.33. The molecule has 0 fully saturated rings. The highest BCUT2D eigenvalue weighted by molar-refractivity contribution is 6.04. The second-order valence-corrected chi connectivity index (χ2v) is 4.84. The van der Waals surface area contributed by atoms with E-state index in [9.17, 15) is 14.0 Å². The lowest BCUT2D eigenvalue weighted by molar-refractivity contribution is -0.119. The maximum Gasteiger partial charge on any atom is 0.247 e. The summed E-state index contributed by atoms with van der Waals surface area (Å²) in [5.74, 6) is -1.74. The Morgan fingerprint density at radius 1 is 1.30 bits per heavy atom. The van der Waals surface area contributed by atoms with Crippen LogP contribution in [0.25, 0.3) is 0 Å². The molecule has 23 heavy (non-hydrogen) atoms. The normalized spacial score (nSPS) is 17.3. The molecule has 1 aromatic rings. The van der Waals surface area contributed by atoms with Crippen LogP contribution in [0.15, 0.2) is 67.5 Å². The number of ketones is 1. The summed E-state index contributed by atoms with van der Waals surface area (Å²) >= 11 is 0. The van der Waals surface area contributed by atoms with Crippen molar-refractivity contribution >= 4 is 17.4 Å². The van der Waals surface area contributed by atoms with Gasteiger partial charge in [-0.2, -0.15) is 0 Å². The predicted octanol–water partition coefficient (Wildman–Crippen LogP) is 3.26. The SMILES string of the molecule is C=CC(=O)Nc1ccc(C2COC(C=C)=C(C=C)C2=O)c(F)c1. The van der Waals surface area contributed by atoms with Crippen LogP contribution in [0, 0.1) is 5.82 Å². The van der Waals surface area contributed by atoms with Crippen LogP contribution in [-0.4, -0.2) is 18.3 Å². The zero-order valence-electron chi connectivity index (χ0n) is 12.5. The van der Waals surface area contributed by atoms with Gasteiger partial charge in [0.15, 0.2) is 5.78 Å². The maximum atomic E-state index is 14.3. The fourth-order valence-electron chi connectivity index (χ4n) is 2.32. The van der Waals surface area contributed by atoms with Gasteiger partial charge in [-0.05, 0) is 24.3 Å². The fraction of sp³-hybridized carbons (Fsp3) is 0.111. The fourth-order valence-corrected chi connectivity index (χ4v) is 2.32. The monoisotopic (exact) mass is 313 g/mol. The molecule has 1 N–H and O–H groups in total. The standard InChI is InChI=1S/C18H16FNO3/c1-4-12-16(5-2)23-10-14(18(12)22)13-8-7-11(9-15(13)19)20-17(21)6-3/h4-9,14H,1-3,10H2,(H,20,21). The molecule has 118 valence electrons. The first kappa shape index (κ1) is 16.4. The van der Waals surface area contributed by atoms with Crippen molar-refractivity contribution in [2.75, 3.05) is 11.9 Å². The highest BCUT2D eigenvalue weighted by Gasteiger charge is 2.31. The van der Waals surface area contributed by atoms with Gasteiger partial charge in [-0.15, -0.1) is 0 Å². The zero-order valence-corrected chi connectivity index (χ0v) is 12.5. The Morgan fingerprint density at radius 2 is 2.04 bits per heavy atom. The van der Waals surface area contributed by atoms with E-state index in [0.717, 1.165) is 12.1 Å². The second-order valence-electron chi connectivity index (χ2n) is 4.84. The lowest BCUT2D eigenvalue weighted by Gasteiger charge is -2.25. The molecule has 0 aromatic heterocycles. The van der Waals surface area contributed by atoms with E-state index in [0.29, 0.717) is 5.76 Å². The summed E-state index contributed by atoms with van der Waals surface area (Å²) in [6.07, 6.45) is 3.89. The van der Waals surface area contributed by atoms with Gasteiger partial charge in [0.05, 0.1) is 11.5 Å². The molecule has 0 spiro atoms. The summed E-state index contributed by atoms with van der Waals surface area (Å²) in [5, 5.41) is 2.46. The summed E-state index contributed by atoms with van der Waals surface area (Å²) in [6.45, 7) is 10.5. The third-order valence-electron chi connectivity index (χ3n) is 3.47. The molecule has 5 heteroatoms. The average Bonchev–Trinajstić information content (AvgIpc) is 2.55. The Labute approximate surface area is 133 Å². The molecular weight excluding hydrogens is 297 g/mol. The van der Waals surface area contributed by atoms with Crippen molar-refractivity contribution in [1.82, 2.24) is 0 Å². The number of hydrogen-bond donors (Lipinski definition) is 1. The molecule has 1 aromatic carbocycles. The number of benzene rings is 1. The third-order valence-corrected chi connectivity index (χ3v) is 3.47. The summed E-state index contributed by atoms with van der Waals surface area (Å²) in [4.78, 5) is 23.7. The van der Waals surface area contributed by atoms with Gasteiger partial charge in [-0.1, -0.05) is 31.9 Å². The number of carbonyl (C=O) groups is 2. The summed E-state index contributed by atoms with van der Waals surface area (Å²) in [7, 11) is 0. The molecule has 0 bridgehead atoms. The molecule has 1 amide bonds. The van der Waals surface area contributed by atoms with E-state index in [1.54, 1.807) is 0 Å². The van der Waals surface area contributed by atoms with Gasteiger partial charge in [0, 0.05) is 11.3 Å². The number of carbonyl (C=O) groups excluding carboxylic acids is 2. The number of Topliss-reactive ketones (excluding diaryl/α,β-unsaturated/α-hetero) is 1. The number of allylic oxidation sites excluding steroid dienone is 3. The number of nitrogens with one attached hydrogen (secondary N) is 1. The molecule has 0 aliphatic carbocycles. The number of ether oxygens (including phenoxy) is 1. The average molecular weight is 313 g/mol. The van der Waals surface area contributed by atoms with Gasteiger partial charge < -0.3 is 10.1 Å². The first-order chi connectivity index (χ1) is 11.0. The van der Waals surface area contributed by atoms with Crippen LogP contribution in [0.3, 0.4) is 0 Å². The molecule has 0 saturated carbocycles.